The second-order valence-electron chi connectivity index (χ2n) is 4.72. The molecule has 1 aliphatic heterocycles. The number of ether oxygens (including phenoxy) is 2. The molecule has 0 bridgehead atoms. The first-order valence-corrected chi connectivity index (χ1v) is 6.64. The van der Waals surface area contributed by atoms with Crippen molar-refractivity contribution in [3.05, 3.63) is 0 Å². The summed E-state index contributed by atoms with van der Waals surface area (Å²) in [6, 6.07) is 1.26. The van der Waals surface area contributed by atoms with Gasteiger partial charge in [0, 0.05) is 18.6 Å². The van der Waals surface area contributed by atoms with Crippen LogP contribution in [0.1, 0.15) is 40.0 Å². The molecule has 0 aromatic heterocycles. The van der Waals surface area contributed by atoms with Crippen LogP contribution in [-0.2, 0) is 14.3 Å². The summed E-state index contributed by atoms with van der Waals surface area (Å²) in [6.07, 6.45) is 3.85. The molecule has 4 nitrogen and oxygen atoms in total. The van der Waals surface area contributed by atoms with Crippen molar-refractivity contribution in [2.45, 2.75) is 52.1 Å². The average molecular weight is 243 g/mol. The summed E-state index contributed by atoms with van der Waals surface area (Å²) < 4.78 is 10.1. The van der Waals surface area contributed by atoms with Gasteiger partial charge in [0.15, 0.2) is 0 Å². The molecule has 0 unspecified atom stereocenters. The lowest BCUT2D eigenvalue weighted by molar-refractivity contribution is -0.148. The van der Waals surface area contributed by atoms with Crippen LogP contribution in [0, 0.1) is 0 Å². The molecule has 17 heavy (non-hydrogen) atoms. The summed E-state index contributed by atoms with van der Waals surface area (Å²) in [5.74, 6) is -0.271. The predicted octanol–water partition coefficient (Wildman–Crippen LogP) is 1.83. The monoisotopic (exact) mass is 243 g/mol. The maximum atomic E-state index is 11.1. The Morgan fingerprint density at radius 3 is 2.53 bits per heavy atom. The standard InChI is InChI=1S/C13H25NO3/c1-4-17-13(15)10-16-9-8-14-11(2)6-5-7-12(14)3/h11-12H,4-10H2,1-3H3/t11-,12+. The highest BCUT2D eigenvalue weighted by atomic mass is 16.6. The first kappa shape index (κ1) is 14.5. The van der Waals surface area contributed by atoms with Crippen molar-refractivity contribution < 1.29 is 14.3 Å². The normalized spacial score (nSPS) is 25.8. The van der Waals surface area contributed by atoms with E-state index < -0.39 is 0 Å². The van der Waals surface area contributed by atoms with Gasteiger partial charge >= 0.3 is 5.97 Å². The Bertz CT molecular complexity index is 223. The van der Waals surface area contributed by atoms with E-state index in [1.54, 1.807) is 6.92 Å². The third kappa shape index (κ3) is 5.04. The third-order valence-corrected chi connectivity index (χ3v) is 3.40. The summed E-state index contributed by atoms with van der Waals surface area (Å²) in [5.41, 5.74) is 0. The van der Waals surface area contributed by atoms with E-state index in [1.807, 2.05) is 0 Å². The van der Waals surface area contributed by atoms with Gasteiger partial charge in [-0.3, -0.25) is 4.90 Å². The van der Waals surface area contributed by atoms with Crippen molar-refractivity contribution in [1.29, 1.82) is 0 Å². The van der Waals surface area contributed by atoms with Crippen LogP contribution in [-0.4, -0.2) is 49.3 Å². The van der Waals surface area contributed by atoms with Crippen LogP contribution in [0.3, 0.4) is 0 Å². The minimum absolute atomic E-state index is 0.0739. The van der Waals surface area contributed by atoms with Crippen molar-refractivity contribution in [3.8, 4) is 0 Å². The van der Waals surface area contributed by atoms with Crippen molar-refractivity contribution in [2.75, 3.05) is 26.4 Å². The minimum Gasteiger partial charge on any atom is -0.464 e. The summed E-state index contributed by atoms with van der Waals surface area (Å²) in [4.78, 5) is 13.5. The van der Waals surface area contributed by atoms with Gasteiger partial charge in [-0.25, -0.2) is 4.79 Å². The SMILES string of the molecule is CCOC(=O)COCCN1[C@H](C)CCC[C@@H]1C. The van der Waals surface area contributed by atoms with Crippen molar-refractivity contribution >= 4 is 5.97 Å². The third-order valence-electron chi connectivity index (χ3n) is 3.40. The zero-order chi connectivity index (χ0) is 12.7. The highest BCUT2D eigenvalue weighted by Gasteiger charge is 2.23. The zero-order valence-corrected chi connectivity index (χ0v) is 11.3. The van der Waals surface area contributed by atoms with Crippen LogP contribution in [0.25, 0.3) is 0 Å². The molecular weight excluding hydrogens is 218 g/mol. The second-order valence-corrected chi connectivity index (χ2v) is 4.72. The number of esters is 1. The molecule has 100 valence electrons. The topological polar surface area (TPSA) is 38.8 Å². The smallest absolute Gasteiger partial charge is 0.332 e. The Labute approximate surface area is 104 Å². The van der Waals surface area contributed by atoms with E-state index in [4.69, 9.17) is 9.47 Å². The number of carbonyl (C=O) groups is 1. The summed E-state index contributed by atoms with van der Waals surface area (Å²) in [7, 11) is 0. The highest BCUT2D eigenvalue weighted by Crippen LogP contribution is 2.21. The highest BCUT2D eigenvalue weighted by molar-refractivity contribution is 5.70. The largest absolute Gasteiger partial charge is 0.464 e. The van der Waals surface area contributed by atoms with E-state index in [1.165, 1.54) is 19.3 Å². The van der Waals surface area contributed by atoms with Gasteiger partial charge in [0.1, 0.15) is 6.61 Å². The van der Waals surface area contributed by atoms with Gasteiger partial charge in [-0.2, -0.15) is 0 Å². The first-order chi connectivity index (χ1) is 8.15. The molecule has 4 heteroatoms. The summed E-state index contributed by atoms with van der Waals surface area (Å²) in [6.45, 7) is 8.33. The van der Waals surface area contributed by atoms with E-state index in [2.05, 4.69) is 18.7 Å². The van der Waals surface area contributed by atoms with Gasteiger partial charge in [-0.05, 0) is 33.6 Å². The van der Waals surface area contributed by atoms with Crippen LogP contribution >= 0.6 is 0 Å². The number of piperidine rings is 1. The van der Waals surface area contributed by atoms with Gasteiger partial charge in [-0.15, -0.1) is 0 Å². The second kappa shape index (κ2) is 7.67. The van der Waals surface area contributed by atoms with Gasteiger partial charge in [-0.1, -0.05) is 6.42 Å². The lowest BCUT2D eigenvalue weighted by Crippen LogP contribution is -2.45. The van der Waals surface area contributed by atoms with E-state index >= 15 is 0 Å². The number of carbonyl (C=O) groups excluding carboxylic acids is 1. The Hall–Kier alpha value is -0.610. The molecule has 1 fully saturated rings. The maximum Gasteiger partial charge on any atom is 0.332 e. The predicted molar refractivity (Wildman–Crippen MR) is 66.9 cm³/mol. The summed E-state index contributed by atoms with van der Waals surface area (Å²) >= 11 is 0. The first-order valence-electron chi connectivity index (χ1n) is 6.64. The van der Waals surface area contributed by atoms with E-state index in [0.29, 0.717) is 25.3 Å². The van der Waals surface area contributed by atoms with Crippen LogP contribution in [0.2, 0.25) is 0 Å². The van der Waals surface area contributed by atoms with Gasteiger partial charge in [0.05, 0.1) is 13.2 Å². The molecule has 0 aromatic carbocycles. The zero-order valence-electron chi connectivity index (χ0n) is 11.3. The van der Waals surface area contributed by atoms with E-state index in [-0.39, 0.29) is 12.6 Å². The lowest BCUT2D eigenvalue weighted by atomic mass is 9.98. The fraction of sp³-hybridized carbons (Fsp3) is 0.923. The Morgan fingerprint density at radius 2 is 1.94 bits per heavy atom. The molecule has 0 radical (unpaired) electrons. The van der Waals surface area contributed by atoms with Crippen molar-refractivity contribution in [2.24, 2.45) is 0 Å². The number of rotatable bonds is 6. The Balaban J connectivity index is 2.14. The van der Waals surface area contributed by atoms with Gasteiger partial charge < -0.3 is 9.47 Å². The van der Waals surface area contributed by atoms with Gasteiger partial charge in [0.2, 0.25) is 0 Å². The molecule has 0 saturated carbocycles. The summed E-state index contributed by atoms with van der Waals surface area (Å²) in [5, 5.41) is 0. The Kier molecular flexibility index (Phi) is 6.52. The fourth-order valence-electron chi connectivity index (χ4n) is 2.44. The molecule has 1 heterocycles. The van der Waals surface area contributed by atoms with E-state index in [9.17, 15) is 4.79 Å². The van der Waals surface area contributed by atoms with Crippen LogP contribution < -0.4 is 0 Å². The Morgan fingerprint density at radius 1 is 1.29 bits per heavy atom. The minimum atomic E-state index is -0.271. The molecule has 2 atom stereocenters. The van der Waals surface area contributed by atoms with Crippen molar-refractivity contribution in [3.63, 3.8) is 0 Å². The number of hydrogen-bond donors (Lipinski definition) is 0. The molecule has 0 aromatic rings. The number of likely N-dealkylation sites (tertiary alicyclic amines) is 1. The number of hydrogen-bond acceptors (Lipinski definition) is 4. The maximum absolute atomic E-state index is 11.1. The molecule has 1 rings (SSSR count). The quantitative estimate of drug-likeness (QED) is 0.527. The average Bonchev–Trinajstić information content (AvgIpc) is 2.28. The van der Waals surface area contributed by atoms with Gasteiger partial charge in [0.25, 0.3) is 0 Å². The fourth-order valence-corrected chi connectivity index (χ4v) is 2.44. The van der Waals surface area contributed by atoms with Crippen LogP contribution in [0.5, 0.6) is 0 Å². The molecule has 1 saturated heterocycles. The molecule has 0 amide bonds. The van der Waals surface area contributed by atoms with E-state index in [0.717, 1.165) is 6.54 Å². The lowest BCUT2D eigenvalue weighted by Gasteiger charge is -2.38. The van der Waals surface area contributed by atoms with Crippen LogP contribution in [0.4, 0.5) is 0 Å². The van der Waals surface area contributed by atoms with Crippen LogP contribution in [0.15, 0.2) is 0 Å². The molecule has 1 aliphatic rings. The van der Waals surface area contributed by atoms with Crippen molar-refractivity contribution in [1.82, 2.24) is 4.90 Å². The molecule has 0 aliphatic carbocycles. The molecule has 0 N–H and O–H groups in total. The number of nitrogens with zero attached hydrogens (tertiary/aromatic N) is 1. The molecule has 0 spiro atoms. The molecular formula is C13H25NO3.